The third kappa shape index (κ3) is 5.80. The maximum absolute atomic E-state index is 13.5. The Bertz CT molecular complexity index is 1280. The average molecular weight is 582 g/mol. The summed E-state index contributed by atoms with van der Waals surface area (Å²) in [6, 6.07) is 6.08. The predicted molar refractivity (Wildman–Crippen MR) is 139 cm³/mol. The Hall–Kier alpha value is -2.73. The van der Waals surface area contributed by atoms with Crippen LogP contribution in [0.1, 0.15) is 25.8 Å². The SMILES string of the molecule is COC(=O)[C@H](C)NP(=O)(OCC1CC(n2cnc3c(N(C)C)nc(N)nc32)C1)Oc1ccc(Br)cc1. The van der Waals surface area contributed by atoms with E-state index in [1.807, 2.05) is 23.6 Å². The molecular formula is C22H29BrN7O5P. The van der Waals surface area contributed by atoms with Crippen LogP contribution in [0.3, 0.4) is 0 Å². The van der Waals surface area contributed by atoms with Crippen LogP contribution in [0, 0.1) is 5.92 Å². The van der Waals surface area contributed by atoms with Crippen molar-refractivity contribution in [2.45, 2.75) is 31.8 Å². The van der Waals surface area contributed by atoms with E-state index in [0.29, 0.717) is 22.7 Å². The van der Waals surface area contributed by atoms with Crippen molar-refractivity contribution >= 4 is 52.6 Å². The maximum atomic E-state index is 13.5. The number of nitrogens with one attached hydrogen (secondary N) is 1. The molecule has 1 aromatic carbocycles. The molecule has 1 fully saturated rings. The average Bonchev–Trinajstić information content (AvgIpc) is 3.21. The number of benzene rings is 1. The molecule has 2 aromatic heterocycles. The van der Waals surface area contributed by atoms with Crippen molar-refractivity contribution in [3.63, 3.8) is 0 Å². The lowest BCUT2D eigenvalue weighted by Crippen LogP contribution is -2.36. The second kappa shape index (κ2) is 10.7. The standard InChI is InChI=1S/C22H29BrN7O5P/c1-13(21(31)33-4)28-36(32,35-17-7-5-15(23)6-8-17)34-11-14-9-16(10-14)30-12-25-18-19(29(2)3)26-22(24)27-20(18)30/h5-8,12-14,16H,9-11H2,1-4H3,(H,28,32)(H2,24,26,27)/t13-,14?,16?,36?/m0/s1. The highest BCUT2D eigenvalue weighted by molar-refractivity contribution is 9.10. The Morgan fingerprint density at radius 3 is 2.64 bits per heavy atom. The molecule has 3 N–H and O–H groups in total. The number of hydrogen-bond acceptors (Lipinski definition) is 10. The molecule has 2 heterocycles. The van der Waals surface area contributed by atoms with Crippen molar-refractivity contribution in [3.8, 4) is 5.75 Å². The molecule has 4 rings (SSSR count). The van der Waals surface area contributed by atoms with Gasteiger partial charge in [0.05, 0.1) is 20.0 Å². The number of fused-ring (bicyclic) bond motifs is 1. The second-order valence-corrected chi connectivity index (χ2v) is 11.4. The van der Waals surface area contributed by atoms with Crippen LogP contribution in [-0.4, -0.2) is 59.3 Å². The van der Waals surface area contributed by atoms with E-state index < -0.39 is 19.8 Å². The summed E-state index contributed by atoms with van der Waals surface area (Å²) in [5.41, 5.74) is 7.28. The first-order valence-electron chi connectivity index (χ1n) is 11.3. The molecule has 1 saturated carbocycles. The molecule has 1 aliphatic rings. The van der Waals surface area contributed by atoms with Crippen LogP contribution >= 0.6 is 23.7 Å². The fraction of sp³-hybridized carbons (Fsp3) is 0.455. The van der Waals surface area contributed by atoms with Gasteiger partial charge in [0.15, 0.2) is 17.0 Å². The summed E-state index contributed by atoms with van der Waals surface area (Å²) >= 11 is 3.36. The highest BCUT2D eigenvalue weighted by atomic mass is 79.9. The Morgan fingerprint density at radius 2 is 2.00 bits per heavy atom. The number of hydrogen-bond donors (Lipinski definition) is 2. The summed E-state index contributed by atoms with van der Waals surface area (Å²) in [5.74, 6) is 0.733. The summed E-state index contributed by atoms with van der Waals surface area (Å²) in [5, 5.41) is 2.67. The number of methoxy groups -OCH3 is 1. The number of nitrogen functional groups attached to an aromatic ring is 1. The molecule has 14 heteroatoms. The van der Waals surface area contributed by atoms with Gasteiger partial charge in [-0.3, -0.25) is 9.32 Å². The van der Waals surface area contributed by atoms with Gasteiger partial charge in [-0.2, -0.15) is 15.1 Å². The predicted octanol–water partition coefficient (Wildman–Crippen LogP) is 3.54. The number of halogens is 1. The topological polar surface area (TPSA) is 147 Å². The summed E-state index contributed by atoms with van der Waals surface area (Å²) in [4.78, 5) is 26.9. The molecule has 2 atom stereocenters. The molecule has 36 heavy (non-hydrogen) atoms. The molecule has 0 saturated heterocycles. The molecule has 0 amide bonds. The van der Waals surface area contributed by atoms with Crippen LogP contribution in [0.25, 0.3) is 11.2 Å². The van der Waals surface area contributed by atoms with Gasteiger partial charge in [0.1, 0.15) is 11.8 Å². The fourth-order valence-corrected chi connectivity index (χ4v) is 5.79. The first kappa shape index (κ1) is 26.3. The Kier molecular flexibility index (Phi) is 7.84. The van der Waals surface area contributed by atoms with Crippen LogP contribution in [0.2, 0.25) is 0 Å². The summed E-state index contributed by atoms with van der Waals surface area (Å²) in [6.45, 7) is 1.71. The Balaban J connectivity index is 1.43. The van der Waals surface area contributed by atoms with Crippen molar-refractivity contribution in [1.82, 2.24) is 24.6 Å². The lowest BCUT2D eigenvalue weighted by molar-refractivity contribution is -0.142. The van der Waals surface area contributed by atoms with E-state index in [-0.39, 0.29) is 24.5 Å². The lowest BCUT2D eigenvalue weighted by atomic mass is 9.81. The summed E-state index contributed by atoms with van der Waals surface area (Å²) in [6.07, 6.45) is 3.27. The van der Waals surface area contributed by atoms with Gasteiger partial charge >= 0.3 is 13.7 Å². The summed E-state index contributed by atoms with van der Waals surface area (Å²) in [7, 11) is 1.13. The molecule has 0 radical (unpaired) electrons. The van der Waals surface area contributed by atoms with E-state index in [2.05, 4.69) is 36.0 Å². The number of nitrogens with two attached hydrogens (primary N) is 1. The van der Waals surface area contributed by atoms with E-state index in [1.165, 1.54) is 14.0 Å². The molecular weight excluding hydrogens is 553 g/mol. The van der Waals surface area contributed by atoms with Crippen molar-refractivity contribution in [2.24, 2.45) is 5.92 Å². The zero-order chi connectivity index (χ0) is 26.0. The highest BCUT2D eigenvalue weighted by Gasteiger charge is 2.37. The van der Waals surface area contributed by atoms with Crippen LogP contribution < -0.4 is 20.2 Å². The van der Waals surface area contributed by atoms with Gasteiger partial charge < -0.3 is 24.5 Å². The molecule has 0 bridgehead atoms. The van der Waals surface area contributed by atoms with Crippen molar-refractivity contribution in [3.05, 3.63) is 35.1 Å². The largest absolute Gasteiger partial charge is 0.468 e. The van der Waals surface area contributed by atoms with Gasteiger partial charge in [-0.05, 0) is 49.9 Å². The second-order valence-electron chi connectivity index (χ2n) is 8.83. The number of aromatic nitrogens is 4. The zero-order valence-corrected chi connectivity index (χ0v) is 22.9. The van der Waals surface area contributed by atoms with Gasteiger partial charge in [0.25, 0.3) is 0 Å². The number of ether oxygens (including phenoxy) is 1. The van der Waals surface area contributed by atoms with Crippen molar-refractivity contribution in [1.29, 1.82) is 0 Å². The zero-order valence-electron chi connectivity index (χ0n) is 20.4. The normalized spacial score (nSPS) is 19.8. The number of esters is 1. The number of carbonyl (C=O) groups is 1. The third-order valence-electron chi connectivity index (χ3n) is 5.87. The third-order valence-corrected chi connectivity index (χ3v) is 8.05. The molecule has 1 aliphatic carbocycles. The Morgan fingerprint density at radius 1 is 1.31 bits per heavy atom. The van der Waals surface area contributed by atoms with Gasteiger partial charge in [-0.15, -0.1) is 0 Å². The maximum Gasteiger partial charge on any atom is 0.459 e. The minimum absolute atomic E-state index is 0.122. The fourth-order valence-electron chi connectivity index (χ4n) is 3.96. The first-order chi connectivity index (χ1) is 17.1. The Labute approximate surface area is 217 Å². The minimum atomic E-state index is -3.88. The van der Waals surface area contributed by atoms with Gasteiger partial charge in [-0.25, -0.2) is 9.55 Å². The monoisotopic (exact) mass is 581 g/mol. The van der Waals surface area contributed by atoms with Gasteiger partial charge in [0, 0.05) is 24.6 Å². The summed E-state index contributed by atoms with van der Waals surface area (Å²) < 4.78 is 32.6. The van der Waals surface area contributed by atoms with Crippen LogP contribution in [0.15, 0.2) is 35.1 Å². The van der Waals surface area contributed by atoms with Crippen LogP contribution in [0.4, 0.5) is 11.8 Å². The number of nitrogens with zero attached hydrogens (tertiary/aromatic N) is 5. The van der Waals surface area contributed by atoms with E-state index in [4.69, 9.17) is 19.5 Å². The van der Waals surface area contributed by atoms with Crippen molar-refractivity contribution in [2.75, 3.05) is 38.4 Å². The van der Waals surface area contributed by atoms with E-state index in [1.54, 1.807) is 30.6 Å². The van der Waals surface area contributed by atoms with Crippen LogP contribution in [-0.2, 0) is 18.6 Å². The van der Waals surface area contributed by atoms with Crippen LogP contribution in [0.5, 0.6) is 5.75 Å². The van der Waals surface area contributed by atoms with E-state index in [9.17, 15) is 9.36 Å². The van der Waals surface area contributed by atoms with Gasteiger partial charge in [0.2, 0.25) is 5.95 Å². The molecule has 12 nitrogen and oxygen atoms in total. The molecule has 0 spiro atoms. The first-order valence-corrected chi connectivity index (χ1v) is 13.6. The van der Waals surface area contributed by atoms with E-state index in [0.717, 1.165) is 17.3 Å². The molecule has 1 unspecified atom stereocenters. The molecule has 0 aliphatic heterocycles. The lowest BCUT2D eigenvalue weighted by Gasteiger charge is -2.36. The van der Waals surface area contributed by atoms with Crippen molar-refractivity contribution < 1.29 is 23.1 Å². The number of rotatable bonds is 10. The minimum Gasteiger partial charge on any atom is -0.468 e. The number of carbonyl (C=O) groups excluding carboxylic acids is 1. The molecule has 3 aromatic rings. The van der Waals surface area contributed by atoms with E-state index >= 15 is 0 Å². The quantitative estimate of drug-likeness (QED) is 0.267. The highest BCUT2D eigenvalue weighted by Crippen LogP contribution is 2.48. The molecule has 194 valence electrons. The number of anilines is 2. The smallest absolute Gasteiger partial charge is 0.459 e. The van der Waals surface area contributed by atoms with Gasteiger partial charge in [-0.1, -0.05) is 15.9 Å². The number of imidazole rings is 1.